The number of fused-ring (bicyclic) bond motifs is 3. The number of piperidine rings is 1. The van der Waals surface area contributed by atoms with Crippen molar-refractivity contribution in [1.82, 2.24) is 20.4 Å². The Balaban J connectivity index is 0.840. The molecule has 1 saturated carbocycles. The van der Waals surface area contributed by atoms with Crippen LogP contribution in [-0.4, -0.2) is 84.2 Å². The van der Waals surface area contributed by atoms with E-state index in [4.69, 9.17) is 27.9 Å². The first-order valence-electron chi connectivity index (χ1n) is 23.8. The van der Waals surface area contributed by atoms with Crippen LogP contribution in [0.5, 0.6) is 5.75 Å². The number of nitrogens with zero attached hydrogens (tertiary/aromatic N) is 2. The normalized spacial score (nSPS) is 27.0. The molecule has 4 aromatic carbocycles. The SMILES string of the molecule is COc1cc(C(=O)N2CCCC3(CC2)C[C@@H]3C#Cc2cccc3c2CN([C@@H]2CCC(=O)NC2=O)C3=O)ccc1NC(=O)[C@@H]1N[C@@H](CC(C)(C)C)[C@@]2(CNc3cc(Cl)ccc32)[C@H]1c1cccc(Cl)c1F. The summed E-state index contributed by atoms with van der Waals surface area (Å²) in [7, 11) is 1.50. The Kier molecular flexibility index (Phi) is 12.1. The van der Waals surface area contributed by atoms with Gasteiger partial charge in [-0.05, 0) is 115 Å². The summed E-state index contributed by atoms with van der Waals surface area (Å²) in [6.45, 7) is 8.30. The summed E-state index contributed by atoms with van der Waals surface area (Å²) in [4.78, 5) is 70.2. The van der Waals surface area contributed by atoms with Crippen molar-refractivity contribution < 1.29 is 33.1 Å². The van der Waals surface area contributed by atoms with E-state index in [1.165, 1.54) is 13.2 Å². The Bertz CT molecular complexity index is 2890. The maximum atomic E-state index is 16.3. The molecule has 1 aliphatic carbocycles. The lowest BCUT2D eigenvalue weighted by Crippen LogP contribution is -2.52. The summed E-state index contributed by atoms with van der Waals surface area (Å²) < 4.78 is 22.2. The van der Waals surface area contributed by atoms with E-state index >= 15 is 4.39 Å². The van der Waals surface area contributed by atoms with Crippen LogP contribution in [0.3, 0.4) is 0 Å². The highest BCUT2D eigenvalue weighted by atomic mass is 35.5. The molecule has 1 unspecified atom stereocenters. The molecule has 3 saturated heterocycles. The third-order valence-electron chi connectivity index (χ3n) is 15.5. The smallest absolute Gasteiger partial charge is 0.255 e. The van der Waals surface area contributed by atoms with E-state index in [9.17, 15) is 24.0 Å². The zero-order valence-electron chi connectivity index (χ0n) is 39.1. The van der Waals surface area contributed by atoms with E-state index in [0.29, 0.717) is 65.6 Å². The predicted octanol–water partition coefficient (Wildman–Crippen LogP) is 8.45. The molecular formula is C54H55Cl2FN6O6. The van der Waals surface area contributed by atoms with E-state index < -0.39 is 35.1 Å². The molecule has 10 rings (SSSR count). The predicted molar refractivity (Wildman–Crippen MR) is 262 cm³/mol. The van der Waals surface area contributed by atoms with Gasteiger partial charge in [-0.2, -0.15) is 0 Å². The summed E-state index contributed by atoms with van der Waals surface area (Å²) in [6, 6.07) is 19.3. The highest BCUT2D eigenvalue weighted by molar-refractivity contribution is 6.31. The molecule has 5 amide bonds. The number of imide groups is 1. The van der Waals surface area contributed by atoms with E-state index in [-0.39, 0.29) is 64.4 Å². The number of likely N-dealkylation sites (tertiary alicyclic amines) is 1. The zero-order chi connectivity index (χ0) is 48.6. The minimum Gasteiger partial charge on any atom is -0.495 e. The Morgan fingerprint density at radius 3 is 2.59 bits per heavy atom. The van der Waals surface area contributed by atoms with Crippen molar-refractivity contribution in [2.24, 2.45) is 16.7 Å². The van der Waals surface area contributed by atoms with E-state index in [2.05, 4.69) is 53.9 Å². The van der Waals surface area contributed by atoms with Crippen LogP contribution in [0.2, 0.25) is 10.0 Å². The summed E-state index contributed by atoms with van der Waals surface area (Å²) in [5.41, 5.74) is 4.13. The van der Waals surface area contributed by atoms with Gasteiger partial charge in [0, 0.05) is 83.3 Å². The highest BCUT2D eigenvalue weighted by Gasteiger charge is 2.62. The van der Waals surface area contributed by atoms with E-state index in [0.717, 1.165) is 48.1 Å². The number of rotatable bonds is 7. The van der Waals surface area contributed by atoms with Crippen LogP contribution in [0.4, 0.5) is 15.8 Å². The van der Waals surface area contributed by atoms with Crippen LogP contribution in [0, 0.1) is 34.4 Å². The third kappa shape index (κ3) is 8.42. The average molecular weight is 974 g/mol. The second-order valence-electron chi connectivity index (χ2n) is 20.8. The molecule has 4 aromatic rings. The molecule has 6 aliphatic rings. The van der Waals surface area contributed by atoms with E-state index in [1.807, 2.05) is 35.2 Å². The fourth-order valence-corrected chi connectivity index (χ4v) is 12.3. The van der Waals surface area contributed by atoms with Gasteiger partial charge in [0.15, 0.2) is 0 Å². The number of methoxy groups -OCH3 is 1. The second kappa shape index (κ2) is 17.8. The standard InChI is InChI=1S/C54H55Cl2FN6O6/c1-52(2,3)27-43-54(29-58-40-25-33(55)15-16-37(40)54)45(35-10-6-11-38(56)46(35)57)47(60-43)49(66)59-39-17-13-31(24-42(39)69-4)50(67)62-22-7-20-53(21-23-62)26-32(53)14-12-30-8-5-9-34-36(30)28-63(51(34)68)41-18-19-44(64)61-48(41)65/h5-6,8-11,13,15-17,24-25,32,41,43,45,47,58,60H,7,18-23,26-29H2,1-4H3,(H,59,66)(H,61,64,65)/t32-,41+,43-,45-,47+,53?,54-/m0/s1. The van der Waals surface area contributed by atoms with Gasteiger partial charge in [-0.25, -0.2) is 4.39 Å². The Hall–Kier alpha value is -5.94. The van der Waals surface area contributed by atoms with Crippen LogP contribution in [-0.2, 0) is 26.3 Å². The lowest BCUT2D eigenvalue weighted by Gasteiger charge is -2.39. The summed E-state index contributed by atoms with van der Waals surface area (Å²) in [6.07, 6.45) is 4.64. The molecule has 0 aromatic heterocycles. The molecule has 7 atom stereocenters. The van der Waals surface area contributed by atoms with Crippen molar-refractivity contribution in [2.75, 3.05) is 37.4 Å². The number of carbonyl (C=O) groups excluding carboxylic acids is 5. The van der Waals surface area contributed by atoms with Crippen molar-refractivity contribution in [3.63, 3.8) is 0 Å². The summed E-state index contributed by atoms with van der Waals surface area (Å²) >= 11 is 12.9. The first-order valence-corrected chi connectivity index (χ1v) is 24.6. The number of hydrogen-bond donors (Lipinski definition) is 4. The van der Waals surface area contributed by atoms with Crippen molar-refractivity contribution in [2.45, 2.75) is 102 Å². The number of ether oxygens (including phenoxy) is 1. The van der Waals surface area contributed by atoms with Gasteiger partial charge in [0.05, 0.1) is 23.9 Å². The molecule has 5 heterocycles. The van der Waals surface area contributed by atoms with Crippen molar-refractivity contribution >= 4 is 64.1 Å². The first-order chi connectivity index (χ1) is 33.0. The van der Waals surface area contributed by atoms with Gasteiger partial charge in [-0.15, -0.1) is 0 Å². The number of nitrogens with one attached hydrogen (secondary N) is 4. The summed E-state index contributed by atoms with van der Waals surface area (Å²) in [5.74, 6) is 4.59. The molecule has 358 valence electrons. The summed E-state index contributed by atoms with van der Waals surface area (Å²) in [5, 5.41) is 13.2. The van der Waals surface area contributed by atoms with E-state index in [1.54, 1.807) is 41.3 Å². The molecule has 4 N–H and O–H groups in total. The molecule has 0 radical (unpaired) electrons. The molecule has 0 bridgehead atoms. The molecule has 5 aliphatic heterocycles. The number of halogens is 3. The van der Waals surface area contributed by atoms with Crippen LogP contribution >= 0.6 is 23.2 Å². The topological polar surface area (TPSA) is 149 Å². The lowest BCUT2D eigenvalue weighted by molar-refractivity contribution is -0.137. The van der Waals surface area contributed by atoms with Gasteiger partial charge in [0.25, 0.3) is 11.8 Å². The van der Waals surface area contributed by atoms with Crippen LogP contribution in [0.15, 0.2) is 72.8 Å². The van der Waals surface area contributed by atoms with Gasteiger partial charge in [0.1, 0.15) is 17.6 Å². The highest BCUT2D eigenvalue weighted by Crippen LogP contribution is 2.59. The van der Waals surface area contributed by atoms with Gasteiger partial charge in [-0.3, -0.25) is 29.3 Å². The van der Waals surface area contributed by atoms with Crippen molar-refractivity contribution in [3.05, 3.63) is 122 Å². The van der Waals surface area contributed by atoms with Gasteiger partial charge in [0.2, 0.25) is 17.7 Å². The molecule has 15 heteroatoms. The average Bonchev–Trinajstić information content (AvgIpc) is 3.63. The fraction of sp³-hybridized carbons (Fsp3) is 0.426. The Morgan fingerprint density at radius 1 is 1.00 bits per heavy atom. The van der Waals surface area contributed by atoms with Gasteiger partial charge >= 0.3 is 0 Å². The molecule has 2 spiro atoms. The number of anilines is 2. The van der Waals surface area contributed by atoms with Crippen LogP contribution < -0.4 is 26.0 Å². The third-order valence-corrected chi connectivity index (χ3v) is 16.0. The number of amides is 5. The minimum atomic E-state index is -0.895. The monoisotopic (exact) mass is 972 g/mol. The van der Waals surface area contributed by atoms with Crippen molar-refractivity contribution in [1.29, 1.82) is 0 Å². The Labute approximate surface area is 411 Å². The zero-order valence-corrected chi connectivity index (χ0v) is 40.6. The maximum absolute atomic E-state index is 16.3. The second-order valence-corrected chi connectivity index (χ2v) is 21.7. The fourth-order valence-electron chi connectivity index (χ4n) is 12.0. The molecule has 12 nitrogen and oxygen atoms in total. The van der Waals surface area contributed by atoms with Crippen LogP contribution in [0.25, 0.3) is 0 Å². The number of carbonyl (C=O) groups is 5. The number of benzene rings is 4. The number of hydrogen-bond acceptors (Lipinski definition) is 8. The van der Waals surface area contributed by atoms with Gasteiger partial charge in [-0.1, -0.05) is 80.1 Å². The van der Waals surface area contributed by atoms with Crippen LogP contribution in [0.1, 0.15) is 115 Å². The molecule has 69 heavy (non-hydrogen) atoms. The largest absolute Gasteiger partial charge is 0.495 e. The lowest BCUT2D eigenvalue weighted by atomic mass is 9.63. The molecule has 4 fully saturated rings. The molecular weight excluding hydrogens is 919 g/mol. The minimum absolute atomic E-state index is 0.00528. The van der Waals surface area contributed by atoms with Gasteiger partial charge < -0.3 is 30.5 Å². The first kappa shape index (κ1) is 46.8. The quantitative estimate of drug-likeness (QED) is 0.107. The van der Waals surface area contributed by atoms with Crippen molar-refractivity contribution in [3.8, 4) is 17.6 Å². The maximum Gasteiger partial charge on any atom is 0.255 e. The Morgan fingerprint density at radius 2 is 1.81 bits per heavy atom.